The van der Waals surface area contributed by atoms with Crippen LogP contribution in [-0.4, -0.2) is 25.9 Å². The molecule has 2 aromatic carbocycles. The lowest BCUT2D eigenvalue weighted by molar-refractivity contribution is 0.0991. The predicted molar refractivity (Wildman–Crippen MR) is 118 cm³/mol. The molecule has 0 spiro atoms. The maximum Gasteiger partial charge on any atom is 0.209 e. The van der Waals surface area contributed by atoms with Crippen LogP contribution in [-0.2, 0) is 6.42 Å². The smallest absolute Gasteiger partial charge is 0.209 e. The first-order valence-corrected chi connectivity index (χ1v) is 10.7. The number of H-pyrrole nitrogens is 2. The number of nitrogens with one attached hydrogen (secondary N) is 2. The molecule has 2 aromatic heterocycles. The van der Waals surface area contributed by atoms with Crippen LogP contribution in [0.5, 0.6) is 0 Å². The number of aromatic nitrogens is 4. The second-order valence-electron chi connectivity index (χ2n) is 7.33. The number of Topliss-reactive ketones (excluding diaryl/α,β-unsaturated/α-hetero) is 1. The van der Waals surface area contributed by atoms with Crippen molar-refractivity contribution in [3.63, 3.8) is 0 Å². The van der Waals surface area contributed by atoms with Gasteiger partial charge < -0.3 is 4.98 Å². The highest BCUT2D eigenvalue weighted by Gasteiger charge is 2.27. The van der Waals surface area contributed by atoms with E-state index in [0.717, 1.165) is 28.7 Å². The number of carbonyl (C=O) groups is 1. The van der Waals surface area contributed by atoms with Gasteiger partial charge in [0.15, 0.2) is 5.78 Å². The Labute approximate surface area is 174 Å². The molecule has 0 aliphatic rings. The summed E-state index contributed by atoms with van der Waals surface area (Å²) >= 11 is 1.39. The number of thioether (sulfide) groups is 1. The van der Waals surface area contributed by atoms with Crippen LogP contribution < -0.4 is 0 Å². The fraction of sp³-hybridized carbons (Fsp3) is 0.261. The van der Waals surface area contributed by atoms with E-state index in [2.05, 4.69) is 47.0 Å². The van der Waals surface area contributed by atoms with Crippen molar-refractivity contribution in [1.29, 1.82) is 0 Å². The summed E-state index contributed by atoms with van der Waals surface area (Å²) in [5.74, 6) is 1.13. The summed E-state index contributed by atoms with van der Waals surface area (Å²) < 4.78 is 0. The molecule has 0 aliphatic heterocycles. The Morgan fingerprint density at radius 3 is 2.59 bits per heavy atom. The number of benzene rings is 2. The molecule has 5 nitrogen and oxygen atoms in total. The molecule has 0 saturated carbocycles. The van der Waals surface area contributed by atoms with Gasteiger partial charge in [-0.15, -0.1) is 5.10 Å². The summed E-state index contributed by atoms with van der Waals surface area (Å²) in [5, 5.41) is 8.44. The van der Waals surface area contributed by atoms with E-state index in [-0.39, 0.29) is 11.7 Å². The van der Waals surface area contributed by atoms with Crippen molar-refractivity contribution in [1.82, 2.24) is 20.2 Å². The van der Waals surface area contributed by atoms with Crippen molar-refractivity contribution in [3.8, 4) is 0 Å². The topological polar surface area (TPSA) is 74.4 Å². The van der Waals surface area contributed by atoms with Gasteiger partial charge in [0.1, 0.15) is 11.1 Å². The summed E-state index contributed by atoms with van der Waals surface area (Å²) in [7, 11) is 0. The van der Waals surface area contributed by atoms with Gasteiger partial charge in [-0.25, -0.2) is 4.98 Å². The zero-order valence-electron chi connectivity index (χ0n) is 16.8. The molecule has 4 aromatic rings. The van der Waals surface area contributed by atoms with Crippen molar-refractivity contribution >= 4 is 28.4 Å². The van der Waals surface area contributed by atoms with Crippen LogP contribution in [0.3, 0.4) is 0 Å². The van der Waals surface area contributed by atoms with Crippen LogP contribution in [0.2, 0.25) is 0 Å². The fourth-order valence-electron chi connectivity index (χ4n) is 3.43. The second-order valence-corrected chi connectivity index (χ2v) is 8.40. The average Bonchev–Trinajstić information content (AvgIpc) is 3.39. The van der Waals surface area contributed by atoms with Crippen LogP contribution in [0.25, 0.3) is 10.9 Å². The Kier molecular flexibility index (Phi) is 5.53. The molecule has 1 unspecified atom stereocenters. The van der Waals surface area contributed by atoms with Crippen LogP contribution in [0, 0.1) is 0 Å². The molecular weight excluding hydrogens is 380 g/mol. The molecule has 2 N–H and O–H groups in total. The number of rotatable bonds is 7. The van der Waals surface area contributed by atoms with E-state index >= 15 is 0 Å². The van der Waals surface area contributed by atoms with E-state index in [1.165, 1.54) is 17.3 Å². The molecule has 2 heterocycles. The standard InChI is InChI=1S/C23H24N4OS/c1-4-15-11-8-12-17-18(13-24-19(15)17)20(28)21(16-9-6-5-7-10-16)29-23-25-22(14(2)3)26-27-23/h5-14,21,24H,4H2,1-3H3,(H,25,26,27). The zero-order valence-corrected chi connectivity index (χ0v) is 17.6. The number of aryl methyl sites for hydroxylation is 1. The third-order valence-corrected chi connectivity index (χ3v) is 6.16. The molecular formula is C23H24N4OS. The number of aromatic amines is 2. The Bertz CT molecular complexity index is 1130. The summed E-state index contributed by atoms with van der Waals surface area (Å²) in [6.45, 7) is 6.24. The maximum atomic E-state index is 13.7. The summed E-state index contributed by atoms with van der Waals surface area (Å²) in [5.41, 5.74) is 3.90. The quantitative estimate of drug-likeness (QED) is 0.307. The second kappa shape index (κ2) is 8.25. The average molecular weight is 405 g/mol. The number of ketones is 1. The maximum absolute atomic E-state index is 13.7. The van der Waals surface area contributed by atoms with Gasteiger partial charge in [-0.05, 0) is 17.5 Å². The fourth-order valence-corrected chi connectivity index (χ4v) is 4.42. The van der Waals surface area contributed by atoms with Gasteiger partial charge in [0, 0.05) is 28.6 Å². The van der Waals surface area contributed by atoms with Gasteiger partial charge in [-0.1, -0.05) is 81.1 Å². The Hall–Kier alpha value is -2.86. The highest BCUT2D eigenvalue weighted by atomic mass is 32.2. The first-order chi connectivity index (χ1) is 14.1. The first-order valence-electron chi connectivity index (χ1n) is 9.85. The molecule has 1 atom stereocenters. The van der Waals surface area contributed by atoms with Gasteiger partial charge in [-0.2, -0.15) is 0 Å². The van der Waals surface area contributed by atoms with Crippen molar-refractivity contribution in [3.05, 3.63) is 77.2 Å². The lowest BCUT2D eigenvalue weighted by atomic mass is 10.0. The minimum atomic E-state index is -0.420. The SMILES string of the molecule is CCc1cccc2c(C(=O)C(Sc3n[nH]c(C(C)C)n3)c3ccccc3)c[nH]c12. The Balaban J connectivity index is 1.74. The van der Waals surface area contributed by atoms with Crippen molar-refractivity contribution < 1.29 is 4.79 Å². The van der Waals surface area contributed by atoms with E-state index in [0.29, 0.717) is 10.7 Å². The minimum Gasteiger partial charge on any atom is -0.360 e. The number of nitrogens with zero attached hydrogens (tertiary/aromatic N) is 2. The third-order valence-electron chi connectivity index (χ3n) is 5.04. The molecule has 0 radical (unpaired) electrons. The van der Waals surface area contributed by atoms with E-state index in [9.17, 15) is 4.79 Å². The lowest BCUT2D eigenvalue weighted by Crippen LogP contribution is -2.10. The number of fused-ring (bicyclic) bond motifs is 1. The van der Waals surface area contributed by atoms with E-state index in [4.69, 9.17) is 0 Å². The molecule has 29 heavy (non-hydrogen) atoms. The molecule has 0 aliphatic carbocycles. The lowest BCUT2D eigenvalue weighted by Gasteiger charge is -2.14. The van der Waals surface area contributed by atoms with Gasteiger partial charge in [-0.3, -0.25) is 9.89 Å². The molecule has 0 fully saturated rings. The molecule has 0 bridgehead atoms. The number of hydrogen-bond donors (Lipinski definition) is 2. The summed E-state index contributed by atoms with van der Waals surface area (Å²) in [6, 6.07) is 16.0. The van der Waals surface area contributed by atoms with Crippen molar-refractivity contribution in [2.45, 2.75) is 43.5 Å². The van der Waals surface area contributed by atoms with Crippen LogP contribution in [0.1, 0.15) is 59.2 Å². The highest BCUT2D eigenvalue weighted by molar-refractivity contribution is 8.00. The Morgan fingerprint density at radius 1 is 1.10 bits per heavy atom. The third kappa shape index (κ3) is 3.85. The summed E-state index contributed by atoms with van der Waals surface area (Å²) in [4.78, 5) is 21.5. The summed E-state index contributed by atoms with van der Waals surface area (Å²) in [6.07, 6.45) is 2.75. The number of hydrogen-bond acceptors (Lipinski definition) is 4. The van der Waals surface area contributed by atoms with Crippen molar-refractivity contribution in [2.24, 2.45) is 0 Å². The molecule has 4 rings (SSSR count). The number of para-hydroxylation sites is 1. The van der Waals surface area contributed by atoms with E-state index < -0.39 is 5.25 Å². The van der Waals surface area contributed by atoms with Gasteiger partial charge >= 0.3 is 0 Å². The van der Waals surface area contributed by atoms with Gasteiger partial charge in [0.25, 0.3) is 0 Å². The normalized spacial score (nSPS) is 12.6. The molecule has 148 valence electrons. The largest absolute Gasteiger partial charge is 0.360 e. The first kappa shape index (κ1) is 19.5. The van der Waals surface area contributed by atoms with Gasteiger partial charge in [0.2, 0.25) is 5.16 Å². The van der Waals surface area contributed by atoms with E-state index in [1.54, 1.807) is 0 Å². The van der Waals surface area contributed by atoms with Crippen LogP contribution in [0.15, 0.2) is 59.9 Å². The highest BCUT2D eigenvalue weighted by Crippen LogP contribution is 2.38. The molecule has 0 saturated heterocycles. The number of carbonyl (C=O) groups excluding carboxylic acids is 1. The Morgan fingerprint density at radius 2 is 1.90 bits per heavy atom. The monoisotopic (exact) mass is 404 g/mol. The van der Waals surface area contributed by atoms with Crippen LogP contribution >= 0.6 is 11.8 Å². The van der Waals surface area contributed by atoms with Gasteiger partial charge in [0.05, 0.1) is 0 Å². The van der Waals surface area contributed by atoms with E-state index in [1.807, 2.05) is 48.7 Å². The zero-order chi connectivity index (χ0) is 20.4. The van der Waals surface area contributed by atoms with Crippen LogP contribution in [0.4, 0.5) is 0 Å². The minimum absolute atomic E-state index is 0.0524. The van der Waals surface area contributed by atoms with Crippen molar-refractivity contribution in [2.75, 3.05) is 0 Å². The predicted octanol–water partition coefficient (Wildman–Crippen LogP) is 5.69. The molecule has 6 heteroatoms. The molecule has 0 amide bonds.